The van der Waals surface area contributed by atoms with Crippen molar-refractivity contribution in [2.75, 3.05) is 0 Å². The van der Waals surface area contributed by atoms with Crippen LogP contribution in [0.2, 0.25) is 0 Å². The highest BCUT2D eigenvalue weighted by molar-refractivity contribution is 5.87. The second kappa shape index (κ2) is 4.35. The van der Waals surface area contributed by atoms with E-state index in [2.05, 4.69) is 19.9 Å². The fourth-order valence-corrected chi connectivity index (χ4v) is 2.07. The van der Waals surface area contributed by atoms with Crippen LogP contribution in [0.15, 0.2) is 29.3 Å². The van der Waals surface area contributed by atoms with Crippen LogP contribution >= 0.6 is 0 Å². The Bertz CT molecular complexity index is 844. The van der Waals surface area contributed by atoms with Crippen molar-refractivity contribution in [3.63, 3.8) is 0 Å². The molecule has 20 heavy (non-hydrogen) atoms. The van der Waals surface area contributed by atoms with Crippen molar-refractivity contribution in [3.05, 3.63) is 52.0 Å². The fourth-order valence-electron chi connectivity index (χ4n) is 2.07. The van der Waals surface area contributed by atoms with Crippen LogP contribution in [0.1, 0.15) is 27.8 Å². The smallest absolute Gasteiger partial charge is 0.356 e. The van der Waals surface area contributed by atoms with Crippen molar-refractivity contribution in [2.24, 2.45) is 0 Å². The highest BCUT2D eigenvalue weighted by Crippen LogP contribution is 2.24. The molecular formula is C12H10N4O4. The third-order valence-corrected chi connectivity index (χ3v) is 3.00. The quantitative estimate of drug-likeness (QED) is 0.470. The summed E-state index contributed by atoms with van der Waals surface area (Å²) >= 11 is 0. The SMILES string of the molecule is O=C(O)c1nc[nH]c1C(O)c1ccc2[nH]c(=O)[nH]c2c1. The summed E-state index contributed by atoms with van der Waals surface area (Å²) < 4.78 is 0. The van der Waals surface area contributed by atoms with E-state index in [4.69, 9.17) is 5.11 Å². The molecule has 3 aromatic rings. The molecule has 0 bridgehead atoms. The standard InChI is InChI=1S/C12H10N4O4/c17-10(8-9(11(18)19)14-4-13-8)5-1-2-6-7(3-5)16-12(20)15-6/h1-4,10,17H,(H,13,14)(H,18,19)(H2,15,16,20). The zero-order chi connectivity index (χ0) is 14.3. The number of hydrogen-bond acceptors (Lipinski definition) is 4. The van der Waals surface area contributed by atoms with Gasteiger partial charge in [-0.3, -0.25) is 0 Å². The Balaban J connectivity index is 2.07. The first kappa shape index (κ1) is 12.2. The first-order valence-electron chi connectivity index (χ1n) is 5.73. The number of H-pyrrole nitrogens is 3. The number of rotatable bonds is 3. The minimum Gasteiger partial charge on any atom is -0.476 e. The normalized spacial score (nSPS) is 12.7. The number of aliphatic hydroxyl groups excluding tert-OH is 1. The van der Waals surface area contributed by atoms with E-state index < -0.39 is 12.1 Å². The topological polar surface area (TPSA) is 135 Å². The Kier molecular flexibility index (Phi) is 2.65. The monoisotopic (exact) mass is 274 g/mol. The minimum absolute atomic E-state index is 0.0923. The summed E-state index contributed by atoms with van der Waals surface area (Å²) in [4.78, 5) is 33.6. The molecule has 0 amide bonds. The average molecular weight is 274 g/mol. The summed E-state index contributed by atoms with van der Waals surface area (Å²) in [6.07, 6.45) is 0.0324. The summed E-state index contributed by atoms with van der Waals surface area (Å²) in [6.45, 7) is 0. The molecule has 0 saturated carbocycles. The third-order valence-electron chi connectivity index (χ3n) is 3.00. The van der Waals surface area contributed by atoms with Crippen LogP contribution < -0.4 is 5.69 Å². The van der Waals surface area contributed by atoms with Gasteiger partial charge in [0, 0.05) is 0 Å². The van der Waals surface area contributed by atoms with Gasteiger partial charge in [0.25, 0.3) is 0 Å². The summed E-state index contributed by atoms with van der Waals surface area (Å²) in [5.41, 5.74) is 1.09. The molecule has 0 aliphatic rings. The molecule has 2 heterocycles. The van der Waals surface area contributed by atoms with Crippen LogP contribution in [0.25, 0.3) is 11.0 Å². The van der Waals surface area contributed by atoms with Crippen LogP contribution in [0.5, 0.6) is 0 Å². The van der Waals surface area contributed by atoms with Crippen molar-refractivity contribution in [1.82, 2.24) is 19.9 Å². The van der Waals surface area contributed by atoms with E-state index in [9.17, 15) is 14.7 Å². The lowest BCUT2D eigenvalue weighted by atomic mass is 10.0. The summed E-state index contributed by atoms with van der Waals surface area (Å²) in [7, 11) is 0. The first-order chi connectivity index (χ1) is 9.56. The predicted molar refractivity (Wildman–Crippen MR) is 68.5 cm³/mol. The summed E-state index contributed by atoms with van der Waals surface area (Å²) in [5.74, 6) is -1.23. The molecule has 0 radical (unpaired) electrons. The molecule has 0 aliphatic carbocycles. The number of nitrogens with zero attached hydrogens (tertiary/aromatic N) is 1. The second-order valence-electron chi connectivity index (χ2n) is 4.26. The van der Waals surface area contributed by atoms with Crippen LogP contribution in [0, 0.1) is 0 Å². The average Bonchev–Trinajstić information content (AvgIpc) is 3.01. The van der Waals surface area contributed by atoms with Gasteiger partial charge in [-0.05, 0) is 17.7 Å². The number of hydrogen-bond donors (Lipinski definition) is 5. The van der Waals surface area contributed by atoms with E-state index in [1.165, 1.54) is 6.33 Å². The molecule has 3 rings (SSSR count). The number of carboxylic acids is 1. The summed E-state index contributed by atoms with van der Waals surface area (Å²) in [5, 5.41) is 19.2. The Morgan fingerprint density at radius 2 is 2.00 bits per heavy atom. The Morgan fingerprint density at radius 1 is 1.25 bits per heavy atom. The molecule has 1 aromatic carbocycles. The molecule has 2 aromatic heterocycles. The maximum Gasteiger partial charge on any atom is 0.356 e. The van der Waals surface area contributed by atoms with Crippen molar-refractivity contribution < 1.29 is 15.0 Å². The Labute approximate surface area is 111 Å². The molecule has 5 N–H and O–H groups in total. The van der Waals surface area contributed by atoms with Crippen molar-refractivity contribution in [2.45, 2.75) is 6.10 Å². The van der Waals surface area contributed by atoms with Gasteiger partial charge >= 0.3 is 11.7 Å². The molecular weight excluding hydrogens is 264 g/mol. The van der Waals surface area contributed by atoms with Gasteiger partial charge in [0.15, 0.2) is 5.69 Å². The number of nitrogens with one attached hydrogen (secondary N) is 3. The van der Waals surface area contributed by atoms with Crippen LogP contribution in [-0.4, -0.2) is 36.1 Å². The van der Waals surface area contributed by atoms with E-state index in [1.54, 1.807) is 18.2 Å². The van der Waals surface area contributed by atoms with Gasteiger partial charge in [0.05, 0.1) is 23.1 Å². The molecule has 0 spiro atoms. The van der Waals surface area contributed by atoms with Gasteiger partial charge in [0.2, 0.25) is 0 Å². The number of carboxylic acid groups (broad SMARTS) is 1. The molecule has 0 saturated heterocycles. The number of aliphatic hydroxyl groups is 1. The van der Waals surface area contributed by atoms with Crippen molar-refractivity contribution in [1.29, 1.82) is 0 Å². The highest BCUT2D eigenvalue weighted by Gasteiger charge is 2.21. The zero-order valence-corrected chi connectivity index (χ0v) is 10.0. The van der Waals surface area contributed by atoms with E-state index >= 15 is 0 Å². The number of aromatic nitrogens is 4. The molecule has 8 heteroatoms. The number of aromatic carboxylic acids is 1. The van der Waals surface area contributed by atoms with E-state index in [-0.39, 0.29) is 17.1 Å². The van der Waals surface area contributed by atoms with Gasteiger partial charge in [-0.2, -0.15) is 0 Å². The number of benzene rings is 1. The summed E-state index contributed by atoms with van der Waals surface area (Å²) in [6, 6.07) is 4.80. The van der Waals surface area contributed by atoms with Gasteiger partial charge < -0.3 is 25.2 Å². The number of imidazole rings is 2. The van der Waals surface area contributed by atoms with Crippen LogP contribution in [0.4, 0.5) is 0 Å². The molecule has 1 unspecified atom stereocenters. The lowest BCUT2D eigenvalue weighted by Crippen LogP contribution is -2.08. The van der Waals surface area contributed by atoms with Gasteiger partial charge in [-0.25, -0.2) is 14.6 Å². The van der Waals surface area contributed by atoms with Crippen molar-refractivity contribution >= 4 is 17.0 Å². The van der Waals surface area contributed by atoms with Gasteiger partial charge in [-0.1, -0.05) is 6.07 Å². The first-order valence-corrected chi connectivity index (χ1v) is 5.73. The molecule has 1 atom stereocenters. The Hall–Kier alpha value is -2.87. The molecule has 8 nitrogen and oxygen atoms in total. The highest BCUT2D eigenvalue weighted by atomic mass is 16.4. The van der Waals surface area contributed by atoms with E-state index in [0.717, 1.165) is 0 Å². The number of aromatic amines is 3. The van der Waals surface area contributed by atoms with Crippen LogP contribution in [-0.2, 0) is 0 Å². The third kappa shape index (κ3) is 1.88. The molecule has 0 fully saturated rings. The van der Waals surface area contributed by atoms with Crippen LogP contribution in [0.3, 0.4) is 0 Å². The maximum atomic E-state index is 11.2. The predicted octanol–water partition coefficient (Wildman–Crippen LogP) is 0.359. The lowest BCUT2D eigenvalue weighted by molar-refractivity contribution is 0.0685. The van der Waals surface area contributed by atoms with Crippen molar-refractivity contribution in [3.8, 4) is 0 Å². The molecule has 0 aliphatic heterocycles. The number of fused-ring (bicyclic) bond motifs is 1. The zero-order valence-electron chi connectivity index (χ0n) is 10.0. The fraction of sp³-hybridized carbons (Fsp3) is 0.0833. The largest absolute Gasteiger partial charge is 0.476 e. The Morgan fingerprint density at radius 3 is 2.75 bits per heavy atom. The molecule has 102 valence electrons. The second-order valence-corrected chi connectivity index (χ2v) is 4.26. The van der Waals surface area contributed by atoms with E-state index in [1.807, 2.05) is 0 Å². The minimum atomic E-state index is -1.23. The van der Waals surface area contributed by atoms with Gasteiger partial charge in [-0.15, -0.1) is 0 Å². The maximum absolute atomic E-state index is 11.2. The van der Waals surface area contributed by atoms with E-state index in [0.29, 0.717) is 16.6 Å². The number of carbonyl (C=O) groups is 1. The lowest BCUT2D eigenvalue weighted by Gasteiger charge is -2.10. The van der Waals surface area contributed by atoms with Gasteiger partial charge in [0.1, 0.15) is 6.10 Å².